The van der Waals surface area contributed by atoms with Crippen molar-refractivity contribution in [2.45, 2.75) is 0 Å². The zero-order valence-electron chi connectivity index (χ0n) is 27.4. The minimum absolute atomic E-state index is 1.22. The summed E-state index contributed by atoms with van der Waals surface area (Å²) < 4.78 is 7.89. The minimum atomic E-state index is 1.22. The van der Waals surface area contributed by atoms with Gasteiger partial charge in [0.25, 0.3) is 0 Å². The molecule has 0 aliphatic carbocycles. The molecule has 1 nitrogen and oxygen atoms in total. The van der Waals surface area contributed by atoms with Gasteiger partial charge in [0, 0.05) is 61.9 Å². The Bertz CT molecular complexity index is 3430. The molecule has 0 amide bonds. The van der Waals surface area contributed by atoms with Crippen LogP contribution in [0, 0.1) is 0 Å². The van der Waals surface area contributed by atoms with E-state index in [9.17, 15) is 0 Å². The molecule has 0 N–H and O–H groups in total. The third-order valence-electron chi connectivity index (χ3n) is 10.9. The fraction of sp³-hybridized carbons (Fsp3) is 0. The standard InChI is InChI=1S/C48H27NS2/c1-3-20-40-32(12-1)34-15-8-22-43-45(34)46-35(16-9-23-44(46)50-43)36-17-7-18-37-39-27-29(24-25-41(39)49(40)47(36)37)28-10-5-11-30(26-28)31-14-6-19-38-33-13-2-4-21-42(33)51-48(31)38/h1-27H. The van der Waals surface area contributed by atoms with Crippen molar-refractivity contribution in [2.24, 2.45) is 0 Å². The molecule has 0 saturated carbocycles. The molecule has 0 aliphatic heterocycles. The summed E-state index contributed by atoms with van der Waals surface area (Å²) in [5.74, 6) is 0. The predicted molar refractivity (Wildman–Crippen MR) is 224 cm³/mol. The van der Waals surface area contributed by atoms with Gasteiger partial charge >= 0.3 is 0 Å². The van der Waals surface area contributed by atoms with Gasteiger partial charge in [-0.25, -0.2) is 0 Å². The van der Waals surface area contributed by atoms with Crippen molar-refractivity contribution < 1.29 is 0 Å². The lowest BCUT2D eigenvalue weighted by Gasteiger charge is -2.08. The lowest BCUT2D eigenvalue weighted by atomic mass is 9.97. The number of aromatic nitrogens is 1. The number of hydrogen-bond acceptors (Lipinski definition) is 2. The fourth-order valence-electron chi connectivity index (χ4n) is 8.77. The largest absolute Gasteiger partial charge is 0.308 e. The molecule has 12 aromatic rings. The van der Waals surface area contributed by atoms with Gasteiger partial charge in [-0.15, -0.1) is 22.7 Å². The van der Waals surface area contributed by atoms with E-state index < -0.39 is 0 Å². The summed E-state index contributed by atoms with van der Waals surface area (Å²) in [5, 5.41) is 13.1. The molecule has 0 bridgehead atoms. The highest BCUT2D eigenvalue weighted by Crippen LogP contribution is 2.45. The summed E-state index contributed by atoms with van der Waals surface area (Å²) in [6.07, 6.45) is 0. The van der Waals surface area contributed by atoms with Crippen molar-refractivity contribution >= 4 is 112 Å². The third-order valence-corrected chi connectivity index (χ3v) is 13.3. The molecule has 51 heavy (non-hydrogen) atoms. The molecule has 0 aliphatic rings. The molecule has 4 heterocycles. The van der Waals surface area contributed by atoms with Gasteiger partial charge in [0.15, 0.2) is 0 Å². The number of thiophene rings is 2. The van der Waals surface area contributed by atoms with Gasteiger partial charge in [0.1, 0.15) is 0 Å². The van der Waals surface area contributed by atoms with Crippen LogP contribution >= 0.6 is 22.7 Å². The summed E-state index contributed by atoms with van der Waals surface area (Å²) in [4.78, 5) is 0. The normalized spacial score (nSPS) is 12.3. The Morgan fingerprint density at radius 3 is 1.76 bits per heavy atom. The van der Waals surface area contributed by atoms with Crippen molar-refractivity contribution in [2.75, 3.05) is 0 Å². The maximum absolute atomic E-state index is 2.53. The molecule has 0 unspecified atom stereocenters. The first kappa shape index (κ1) is 27.8. The highest BCUT2D eigenvalue weighted by Gasteiger charge is 2.18. The van der Waals surface area contributed by atoms with Crippen LogP contribution < -0.4 is 0 Å². The van der Waals surface area contributed by atoms with Crippen molar-refractivity contribution in [3.05, 3.63) is 164 Å². The van der Waals surface area contributed by atoms with Crippen LogP contribution in [0.5, 0.6) is 0 Å². The maximum atomic E-state index is 2.53. The molecule has 8 aromatic carbocycles. The van der Waals surface area contributed by atoms with Crippen LogP contribution in [0.2, 0.25) is 0 Å². The van der Waals surface area contributed by atoms with Gasteiger partial charge in [-0.2, -0.15) is 0 Å². The summed E-state index contributed by atoms with van der Waals surface area (Å²) >= 11 is 3.79. The van der Waals surface area contributed by atoms with Gasteiger partial charge in [-0.05, 0) is 75.5 Å². The number of benzene rings is 8. The zero-order chi connectivity index (χ0) is 33.2. The molecule has 0 saturated heterocycles. The van der Waals surface area contributed by atoms with Crippen molar-refractivity contribution in [3.63, 3.8) is 0 Å². The predicted octanol–water partition coefficient (Wildman–Crippen LogP) is 14.6. The second kappa shape index (κ2) is 10.3. The van der Waals surface area contributed by atoms with E-state index in [1.807, 2.05) is 22.7 Å². The highest BCUT2D eigenvalue weighted by atomic mass is 32.1. The van der Waals surface area contributed by atoms with Crippen LogP contribution in [-0.4, -0.2) is 4.40 Å². The molecule has 3 heteroatoms. The van der Waals surface area contributed by atoms with Gasteiger partial charge in [-0.1, -0.05) is 121 Å². The van der Waals surface area contributed by atoms with E-state index in [2.05, 4.69) is 168 Å². The van der Waals surface area contributed by atoms with Crippen molar-refractivity contribution in [3.8, 4) is 22.3 Å². The number of hydrogen-bond donors (Lipinski definition) is 0. The SMILES string of the molecule is c1cc(-c2ccc3c(c2)c2cccc4c5cccc6sc7cccc(c8ccccc8n3c42)c7c65)cc(-c2cccc3c2sc2ccccc23)c1. The summed E-state index contributed by atoms with van der Waals surface area (Å²) in [5.41, 5.74) is 8.71. The first-order valence-electron chi connectivity index (χ1n) is 17.4. The Balaban J connectivity index is 1.17. The first-order valence-corrected chi connectivity index (χ1v) is 19.1. The average molecular weight is 682 g/mol. The first-order chi connectivity index (χ1) is 25.3. The zero-order valence-corrected chi connectivity index (χ0v) is 29.0. The van der Waals surface area contributed by atoms with E-state index >= 15 is 0 Å². The van der Waals surface area contributed by atoms with Crippen LogP contribution in [0.4, 0.5) is 0 Å². The molecule has 12 rings (SSSR count). The van der Waals surface area contributed by atoms with Gasteiger partial charge in [0.05, 0.1) is 16.6 Å². The van der Waals surface area contributed by atoms with Crippen LogP contribution in [0.1, 0.15) is 0 Å². The molecule has 0 atom stereocenters. The van der Waals surface area contributed by atoms with Crippen LogP contribution in [0.25, 0.3) is 111 Å². The topological polar surface area (TPSA) is 4.41 Å². The molecular weight excluding hydrogens is 655 g/mol. The number of para-hydroxylation sites is 2. The lowest BCUT2D eigenvalue weighted by Crippen LogP contribution is -1.87. The Kier molecular flexibility index (Phi) is 5.59. The second-order valence-corrected chi connectivity index (χ2v) is 15.7. The smallest absolute Gasteiger partial charge is 0.0619 e. The van der Waals surface area contributed by atoms with E-state index in [4.69, 9.17) is 0 Å². The second-order valence-electron chi connectivity index (χ2n) is 13.6. The molecule has 0 radical (unpaired) electrons. The number of fused-ring (bicyclic) bond motifs is 10. The highest BCUT2D eigenvalue weighted by molar-refractivity contribution is 7.26. The summed E-state index contributed by atoms with van der Waals surface area (Å²) in [7, 11) is 0. The van der Waals surface area contributed by atoms with E-state index in [0.717, 1.165) is 0 Å². The third kappa shape index (κ3) is 3.80. The molecular formula is C48H27NS2. The van der Waals surface area contributed by atoms with Crippen LogP contribution in [-0.2, 0) is 0 Å². The van der Waals surface area contributed by atoms with E-state index in [1.165, 1.54) is 111 Å². The molecule has 236 valence electrons. The Labute approximate surface area is 300 Å². The van der Waals surface area contributed by atoms with E-state index in [-0.39, 0.29) is 0 Å². The molecule has 4 aromatic heterocycles. The Morgan fingerprint density at radius 1 is 0.333 bits per heavy atom. The molecule has 0 fully saturated rings. The molecule has 0 spiro atoms. The monoisotopic (exact) mass is 681 g/mol. The van der Waals surface area contributed by atoms with E-state index in [0.29, 0.717) is 0 Å². The van der Waals surface area contributed by atoms with Crippen molar-refractivity contribution in [1.82, 2.24) is 4.40 Å². The van der Waals surface area contributed by atoms with Gasteiger partial charge in [0.2, 0.25) is 0 Å². The number of rotatable bonds is 2. The van der Waals surface area contributed by atoms with Crippen LogP contribution in [0.3, 0.4) is 0 Å². The Hall–Kier alpha value is -6.00. The summed E-state index contributed by atoms with van der Waals surface area (Å²) in [6, 6.07) is 61.2. The average Bonchev–Trinajstić information content (AvgIpc) is 3.87. The lowest BCUT2D eigenvalue weighted by molar-refractivity contribution is 1.35. The van der Waals surface area contributed by atoms with Gasteiger partial charge < -0.3 is 4.40 Å². The maximum Gasteiger partial charge on any atom is 0.0619 e. The number of nitrogens with zero attached hydrogens (tertiary/aromatic N) is 1. The minimum Gasteiger partial charge on any atom is -0.308 e. The Morgan fingerprint density at radius 2 is 0.902 bits per heavy atom. The summed E-state index contributed by atoms with van der Waals surface area (Å²) in [6.45, 7) is 0. The fourth-order valence-corrected chi connectivity index (χ4v) is 11.2. The van der Waals surface area contributed by atoms with Crippen LogP contribution in [0.15, 0.2) is 164 Å². The van der Waals surface area contributed by atoms with E-state index in [1.54, 1.807) is 0 Å². The van der Waals surface area contributed by atoms with Crippen molar-refractivity contribution in [1.29, 1.82) is 0 Å². The quantitative estimate of drug-likeness (QED) is 0.171. The van der Waals surface area contributed by atoms with Gasteiger partial charge in [-0.3, -0.25) is 0 Å².